The third-order valence-corrected chi connectivity index (χ3v) is 4.02. The second-order valence-electron chi connectivity index (χ2n) is 5.19. The fourth-order valence-corrected chi connectivity index (χ4v) is 2.60. The maximum absolute atomic E-state index is 10.3. The van der Waals surface area contributed by atoms with Crippen molar-refractivity contribution >= 4 is 0 Å². The molecule has 0 bridgehead atoms. The highest BCUT2D eigenvalue weighted by Crippen LogP contribution is 2.47. The minimum Gasteiger partial charge on any atom is -0.494 e. The molecular weight excluding hydrogens is 236 g/mol. The Morgan fingerprint density at radius 2 is 2.05 bits per heavy atom. The number of aliphatic hydroxyl groups is 1. The van der Waals surface area contributed by atoms with Gasteiger partial charge in [0.2, 0.25) is 0 Å². The summed E-state index contributed by atoms with van der Waals surface area (Å²) in [6, 6.07) is 9.83. The molecule has 1 atom stereocenters. The number of rotatable bonds is 7. The van der Waals surface area contributed by atoms with Crippen LogP contribution in [0.2, 0.25) is 0 Å². The first-order chi connectivity index (χ1) is 9.27. The van der Waals surface area contributed by atoms with Gasteiger partial charge >= 0.3 is 0 Å². The van der Waals surface area contributed by atoms with Gasteiger partial charge in [0, 0.05) is 5.41 Å². The van der Waals surface area contributed by atoms with Crippen molar-refractivity contribution in [3.05, 3.63) is 55.1 Å². The summed E-state index contributed by atoms with van der Waals surface area (Å²) < 4.78 is 5.74. The lowest BCUT2D eigenvalue weighted by atomic mass is 9.63. The van der Waals surface area contributed by atoms with Gasteiger partial charge in [0.25, 0.3) is 0 Å². The van der Waals surface area contributed by atoms with Crippen LogP contribution in [0.25, 0.3) is 0 Å². The van der Waals surface area contributed by atoms with Crippen LogP contribution in [0.4, 0.5) is 0 Å². The maximum Gasteiger partial charge on any atom is 0.119 e. The molecule has 1 fully saturated rings. The number of aliphatic hydroxyl groups excluding tert-OH is 1. The van der Waals surface area contributed by atoms with Crippen LogP contribution in [0.3, 0.4) is 0 Å². The van der Waals surface area contributed by atoms with Gasteiger partial charge in [-0.1, -0.05) is 49.4 Å². The molecule has 1 saturated carbocycles. The minimum absolute atomic E-state index is 0.00822. The Hall–Kier alpha value is -1.54. The second-order valence-corrected chi connectivity index (χ2v) is 5.19. The molecule has 1 N–H and O–H groups in total. The highest BCUT2D eigenvalue weighted by molar-refractivity contribution is 5.21. The van der Waals surface area contributed by atoms with Gasteiger partial charge in [0.05, 0.1) is 12.7 Å². The molecule has 0 amide bonds. The number of benzene rings is 1. The number of ether oxygens (including phenoxy) is 1. The predicted octanol–water partition coefficient (Wildman–Crippen LogP) is 3.73. The van der Waals surface area contributed by atoms with Gasteiger partial charge < -0.3 is 9.84 Å². The van der Waals surface area contributed by atoms with Gasteiger partial charge in [0.15, 0.2) is 0 Å². The molecular formula is C17H22O2. The number of allylic oxidation sites excluding steroid dienone is 2. The van der Waals surface area contributed by atoms with Gasteiger partial charge in [-0.3, -0.25) is 0 Å². The maximum atomic E-state index is 10.3. The molecule has 0 spiro atoms. The Kier molecular flexibility index (Phi) is 4.80. The van der Waals surface area contributed by atoms with Crippen molar-refractivity contribution in [2.24, 2.45) is 5.41 Å². The molecule has 19 heavy (non-hydrogen) atoms. The summed E-state index contributed by atoms with van der Waals surface area (Å²) in [6.45, 7) is 4.29. The van der Waals surface area contributed by atoms with Crippen molar-refractivity contribution < 1.29 is 9.84 Å². The van der Waals surface area contributed by atoms with E-state index in [9.17, 15) is 5.11 Å². The van der Waals surface area contributed by atoms with E-state index in [1.807, 2.05) is 42.5 Å². The van der Waals surface area contributed by atoms with Crippen LogP contribution >= 0.6 is 0 Å². The highest BCUT2D eigenvalue weighted by atomic mass is 16.5. The molecule has 1 aliphatic carbocycles. The zero-order valence-corrected chi connectivity index (χ0v) is 11.3. The fraction of sp³-hybridized carbons (Fsp3) is 0.412. The number of hydrogen-bond donors (Lipinski definition) is 1. The quantitative estimate of drug-likeness (QED) is 0.755. The SMILES string of the molecule is C=CC=CC(O)C1(CCOc2ccccc2)CCC1. The average Bonchev–Trinajstić information content (AvgIpc) is 2.40. The smallest absolute Gasteiger partial charge is 0.119 e. The molecule has 2 heteroatoms. The Bertz CT molecular complexity index is 418. The molecule has 0 aromatic heterocycles. The van der Waals surface area contributed by atoms with Crippen LogP contribution in [0.1, 0.15) is 25.7 Å². The first-order valence-corrected chi connectivity index (χ1v) is 6.92. The Morgan fingerprint density at radius 3 is 2.63 bits per heavy atom. The second kappa shape index (κ2) is 6.58. The molecule has 1 unspecified atom stereocenters. The topological polar surface area (TPSA) is 29.5 Å². The average molecular weight is 258 g/mol. The van der Waals surface area contributed by atoms with E-state index < -0.39 is 6.10 Å². The largest absolute Gasteiger partial charge is 0.494 e. The summed E-state index contributed by atoms with van der Waals surface area (Å²) in [6.07, 6.45) is 9.22. The van der Waals surface area contributed by atoms with Crippen LogP contribution in [-0.4, -0.2) is 17.8 Å². The van der Waals surface area contributed by atoms with Crippen LogP contribution in [0, 0.1) is 5.41 Å². The molecule has 2 nitrogen and oxygen atoms in total. The van der Waals surface area contributed by atoms with E-state index in [-0.39, 0.29) is 5.41 Å². The first-order valence-electron chi connectivity index (χ1n) is 6.92. The third-order valence-electron chi connectivity index (χ3n) is 4.02. The van der Waals surface area contributed by atoms with Crippen molar-refractivity contribution in [3.63, 3.8) is 0 Å². The summed E-state index contributed by atoms with van der Waals surface area (Å²) in [5.41, 5.74) is 0.00822. The van der Waals surface area contributed by atoms with Crippen LogP contribution in [-0.2, 0) is 0 Å². The van der Waals surface area contributed by atoms with Gasteiger partial charge in [0.1, 0.15) is 5.75 Å². The van der Waals surface area contributed by atoms with Gasteiger partial charge in [-0.2, -0.15) is 0 Å². The lowest BCUT2D eigenvalue weighted by Crippen LogP contribution is -2.41. The molecule has 0 radical (unpaired) electrons. The van der Waals surface area contributed by atoms with Crippen LogP contribution in [0.5, 0.6) is 5.75 Å². The summed E-state index contributed by atoms with van der Waals surface area (Å²) in [5, 5.41) is 10.3. The fourth-order valence-electron chi connectivity index (χ4n) is 2.60. The van der Waals surface area contributed by atoms with Crippen molar-refractivity contribution in [1.29, 1.82) is 0 Å². The zero-order valence-electron chi connectivity index (χ0n) is 11.3. The lowest BCUT2D eigenvalue weighted by Gasteiger charge is -2.44. The Balaban J connectivity index is 1.85. The summed E-state index contributed by atoms with van der Waals surface area (Å²) in [5.74, 6) is 0.896. The zero-order chi connectivity index (χ0) is 13.6. The van der Waals surface area contributed by atoms with Gasteiger partial charge in [-0.05, 0) is 31.4 Å². The molecule has 102 valence electrons. The standard InChI is InChI=1S/C17H22O2/c1-2-3-10-16(18)17(11-7-12-17)13-14-19-15-8-5-4-6-9-15/h2-6,8-10,16,18H,1,7,11-14H2. The van der Waals surface area contributed by atoms with Gasteiger partial charge in [-0.15, -0.1) is 0 Å². The Morgan fingerprint density at radius 1 is 1.32 bits per heavy atom. The van der Waals surface area contributed by atoms with Crippen molar-refractivity contribution in [2.45, 2.75) is 31.8 Å². The van der Waals surface area contributed by atoms with Crippen LogP contribution in [0.15, 0.2) is 55.1 Å². The van der Waals surface area contributed by atoms with E-state index in [2.05, 4.69) is 6.58 Å². The van der Waals surface area contributed by atoms with Gasteiger partial charge in [-0.25, -0.2) is 0 Å². The summed E-state index contributed by atoms with van der Waals surface area (Å²) in [4.78, 5) is 0. The lowest BCUT2D eigenvalue weighted by molar-refractivity contribution is -0.0212. The molecule has 0 aliphatic heterocycles. The number of hydrogen-bond acceptors (Lipinski definition) is 2. The van der Waals surface area contributed by atoms with E-state index in [1.165, 1.54) is 6.42 Å². The molecule has 2 rings (SSSR count). The highest BCUT2D eigenvalue weighted by Gasteiger charge is 2.41. The number of para-hydroxylation sites is 1. The third kappa shape index (κ3) is 3.48. The summed E-state index contributed by atoms with van der Waals surface area (Å²) in [7, 11) is 0. The van der Waals surface area contributed by atoms with E-state index >= 15 is 0 Å². The molecule has 1 aliphatic rings. The first kappa shape index (κ1) is 13.9. The Labute approximate surface area is 115 Å². The van der Waals surface area contributed by atoms with Crippen molar-refractivity contribution in [3.8, 4) is 5.75 Å². The molecule has 1 aromatic carbocycles. The van der Waals surface area contributed by atoms with E-state index in [1.54, 1.807) is 6.08 Å². The predicted molar refractivity (Wildman–Crippen MR) is 78.2 cm³/mol. The van der Waals surface area contributed by atoms with Crippen LogP contribution < -0.4 is 4.74 Å². The monoisotopic (exact) mass is 258 g/mol. The van der Waals surface area contributed by atoms with E-state index in [4.69, 9.17) is 4.74 Å². The van der Waals surface area contributed by atoms with E-state index in [0.29, 0.717) is 6.61 Å². The molecule has 0 heterocycles. The molecule has 0 saturated heterocycles. The normalized spacial score (nSPS) is 18.8. The summed E-state index contributed by atoms with van der Waals surface area (Å²) >= 11 is 0. The molecule has 1 aromatic rings. The minimum atomic E-state index is -0.390. The van der Waals surface area contributed by atoms with Crippen molar-refractivity contribution in [1.82, 2.24) is 0 Å². The van der Waals surface area contributed by atoms with Crippen molar-refractivity contribution in [2.75, 3.05) is 6.61 Å². The van der Waals surface area contributed by atoms with E-state index in [0.717, 1.165) is 25.0 Å².